The van der Waals surface area contributed by atoms with Gasteiger partial charge in [0.15, 0.2) is 0 Å². The molecule has 0 aliphatic carbocycles. The van der Waals surface area contributed by atoms with E-state index in [2.05, 4.69) is 36.5 Å². The Bertz CT molecular complexity index is 779. The number of rotatable bonds is 5. The van der Waals surface area contributed by atoms with Crippen LogP contribution in [0.3, 0.4) is 0 Å². The smallest absolute Gasteiger partial charge is 0.236 e. The monoisotopic (exact) mass is 388 g/mol. The van der Waals surface area contributed by atoms with Gasteiger partial charge in [0.25, 0.3) is 0 Å². The number of hydrogen-bond donors (Lipinski definition) is 1. The van der Waals surface area contributed by atoms with E-state index in [1.165, 1.54) is 23.3 Å². The van der Waals surface area contributed by atoms with Gasteiger partial charge in [-0.2, -0.15) is 0 Å². The number of amides is 1. The van der Waals surface area contributed by atoms with Gasteiger partial charge in [-0.1, -0.05) is 49.7 Å². The topological polar surface area (TPSA) is 32.3 Å². The maximum atomic E-state index is 13.6. The highest BCUT2D eigenvalue weighted by Gasteiger charge is 2.24. The van der Waals surface area contributed by atoms with E-state index in [1.807, 2.05) is 18.7 Å². The van der Waals surface area contributed by atoms with Gasteiger partial charge in [0.05, 0.1) is 6.54 Å². The molecule has 28 heavy (non-hydrogen) atoms. The van der Waals surface area contributed by atoms with Gasteiger partial charge in [-0.15, -0.1) is 0 Å². The van der Waals surface area contributed by atoms with Crippen LogP contribution in [-0.4, -0.2) is 30.4 Å². The first-order chi connectivity index (χ1) is 13.5. The van der Waals surface area contributed by atoms with Crippen LogP contribution in [0.1, 0.15) is 49.3 Å². The Morgan fingerprint density at radius 1 is 1.18 bits per heavy atom. The van der Waals surface area contributed by atoms with Gasteiger partial charge >= 0.3 is 0 Å². The van der Waals surface area contributed by atoms with Gasteiger partial charge in [-0.05, 0) is 31.4 Å². The number of carbonyl (C=O) groups excluding carboxylic acids is 1. The summed E-state index contributed by atoms with van der Waals surface area (Å²) in [5.41, 5.74) is 2.87. The molecule has 1 aliphatic rings. The van der Waals surface area contributed by atoms with Crippen LogP contribution in [0.15, 0.2) is 42.5 Å². The minimum atomic E-state index is -0.599. The van der Waals surface area contributed by atoms with Crippen molar-refractivity contribution < 1.29 is 13.6 Å². The predicted molar refractivity (Wildman–Crippen MR) is 109 cm³/mol. The molecule has 1 N–H and O–H groups in total. The zero-order valence-electron chi connectivity index (χ0n) is 17.0. The summed E-state index contributed by atoms with van der Waals surface area (Å²) in [7, 11) is 0. The lowest BCUT2D eigenvalue weighted by atomic mass is 9.90. The second-order valence-corrected chi connectivity index (χ2v) is 6.93. The Morgan fingerprint density at radius 2 is 1.96 bits per heavy atom. The van der Waals surface area contributed by atoms with Crippen LogP contribution < -0.4 is 5.32 Å². The average molecular weight is 389 g/mol. The highest BCUT2D eigenvalue weighted by atomic mass is 19.1. The third-order valence-electron chi connectivity index (χ3n) is 4.89. The highest BCUT2D eigenvalue weighted by Crippen LogP contribution is 2.27. The largest absolute Gasteiger partial charge is 0.341 e. The number of aryl methyl sites for hydroxylation is 1. The fraction of sp³-hybridized carbons (Fsp3) is 0.435. The molecule has 1 unspecified atom stereocenters. The van der Waals surface area contributed by atoms with Crippen molar-refractivity contribution in [2.75, 3.05) is 19.6 Å². The van der Waals surface area contributed by atoms with Crippen molar-refractivity contribution in [3.05, 3.63) is 70.8 Å². The van der Waals surface area contributed by atoms with Crippen LogP contribution in [0.5, 0.6) is 0 Å². The minimum Gasteiger partial charge on any atom is -0.341 e. The van der Waals surface area contributed by atoms with Crippen LogP contribution in [-0.2, 0) is 11.3 Å². The number of carbonyl (C=O) groups is 1. The van der Waals surface area contributed by atoms with Gasteiger partial charge in [0.1, 0.15) is 11.6 Å². The third-order valence-corrected chi connectivity index (χ3v) is 4.89. The molecule has 0 radical (unpaired) electrons. The van der Waals surface area contributed by atoms with Crippen molar-refractivity contribution in [2.24, 2.45) is 0 Å². The summed E-state index contributed by atoms with van der Waals surface area (Å²) in [5.74, 6) is -0.813. The fourth-order valence-electron chi connectivity index (χ4n) is 3.48. The van der Waals surface area contributed by atoms with Crippen LogP contribution in [0.2, 0.25) is 0 Å². The summed E-state index contributed by atoms with van der Waals surface area (Å²) in [6, 6.07) is 11.9. The maximum Gasteiger partial charge on any atom is 0.236 e. The van der Waals surface area contributed by atoms with Crippen LogP contribution >= 0.6 is 0 Å². The van der Waals surface area contributed by atoms with E-state index in [0.717, 1.165) is 32.0 Å². The first-order valence-corrected chi connectivity index (χ1v) is 10.0. The van der Waals surface area contributed by atoms with E-state index in [9.17, 15) is 13.6 Å². The lowest BCUT2D eigenvalue weighted by Gasteiger charge is -2.33. The highest BCUT2D eigenvalue weighted by molar-refractivity contribution is 5.78. The SMILES string of the molecule is CC.Cc1cccc(C2CCCN(C(=O)CNCc3ccc(F)cc3F)C2)c1. The van der Waals surface area contributed by atoms with E-state index in [0.29, 0.717) is 11.5 Å². The fourth-order valence-corrected chi connectivity index (χ4v) is 3.48. The summed E-state index contributed by atoms with van der Waals surface area (Å²) >= 11 is 0. The molecule has 1 saturated heterocycles. The Kier molecular flexibility index (Phi) is 8.58. The third kappa shape index (κ3) is 6.13. The van der Waals surface area contributed by atoms with Crippen LogP contribution in [0.4, 0.5) is 8.78 Å². The molecule has 3 rings (SSSR count). The lowest BCUT2D eigenvalue weighted by Crippen LogP contribution is -2.43. The molecule has 3 nitrogen and oxygen atoms in total. The van der Waals surface area contributed by atoms with Crippen molar-refractivity contribution in [1.29, 1.82) is 0 Å². The molecule has 0 aromatic heterocycles. The molecule has 1 amide bonds. The lowest BCUT2D eigenvalue weighted by molar-refractivity contribution is -0.131. The van der Waals surface area contributed by atoms with E-state index in [1.54, 1.807) is 0 Å². The van der Waals surface area contributed by atoms with Gasteiger partial charge in [0.2, 0.25) is 5.91 Å². The second-order valence-electron chi connectivity index (χ2n) is 6.93. The van der Waals surface area contributed by atoms with E-state index >= 15 is 0 Å². The molecule has 0 spiro atoms. The van der Waals surface area contributed by atoms with Gasteiger partial charge < -0.3 is 10.2 Å². The Balaban J connectivity index is 0.00000136. The van der Waals surface area contributed by atoms with E-state index < -0.39 is 11.6 Å². The van der Waals surface area contributed by atoms with Crippen molar-refractivity contribution in [1.82, 2.24) is 10.2 Å². The second kappa shape index (κ2) is 10.9. The molecule has 152 valence electrons. The van der Waals surface area contributed by atoms with Crippen LogP contribution in [0, 0.1) is 18.6 Å². The zero-order valence-corrected chi connectivity index (χ0v) is 17.0. The van der Waals surface area contributed by atoms with E-state index in [4.69, 9.17) is 0 Å². The molecule has 0 saturated carbocycles. The van der Waals surface area contributed by atoms with Crippen molar-refractivity contribution in [2.45, 2.75) is 46.1 Å². The molecule has 0 bridgehead atoms. The number of nitrogens with one attached hydrogen (secondary N) is 1. The molecular weight excluding hydrogens is 358 g/mol. The predicted octanol–water partition coefficient (Wildman–Crippen LogP) is 4.80. The molecule has 1 atom stereocenters. The average Bonchev–Trinajstić information content (AvgIpc) is 2.71. The van der Waals surface area contributed by atoms with Crippen molar-refractivity contribution >= 4 is 5.91 Å². The number of hydrogen-bond acceptors (Lipinski definition) is 2. The molecular formula is C23H30F2N2O. The molecule has 1 aliphatic heterocycles. The van der Waals surface area contributed by atoms with Gasteiger partial charge in [-0.25, -0.2) is 8.78 Å². The minimum absolute atomic E-state index is 0.0184. The van der Waals surface area contributed by atoms with Crippen LogP contribution in [0.25, 0.3) is 0 Å². The molecule has 5 heteroatoms. The first-order valence-electron chi connectivity index (χ1n) is 10.0. The Hall–Kier alpha value is -2.27. The maximum absolute atomic E-state index is 13.6. The van der Waals surface area contributed by atoms with E-state index in [-0.39, 0.29) is 19.0 Å². The number of halogens is 2. The quantitative estimate of drug-likeness (QED) is 0.798. The molecule has 2 aromatic carbocycles. The number of likely N-dealkylation sites (tertiary alicyclic amines) is 1. The number of nitrogens with zero attached hydrogens (tertiary/aromatic N) is 1. The summed E-state index contributed by atoms with van der Waals surface area (Å²) < 4.78 is 26.5. The molecule has 2 aromatic rings. The Labute approximate surface area is 166 Å². The van der Waals surface area contributed by atoms with Gasteiger partial charge in [0, 0.05) is 37.2 Å². The standard InChI is InChI=1S/C21H24F2N2O.C2H6/c1-15-4-2-5-16(10-15)18-6-3-9-25(14-18)21(26)13-24-12-17-7-8-19(22)11-20(17)23;1-2/h2,4-5,7-8,10-11,18,24H,3,6,9,12-14H2,1H3;1-2H3. The zero-order chi connectivity index (χ0) is 20.5. The first kappa shape index (κ1) is 22.0. The molecule has 1 fully saturated rings. The van der Waals surface area contributed by atoms with Crippen molar-refractivity contribution in [3.63, 3.8) is 0 Å². The van der Waals surface area contributed by atoms with Crippen molar-refractivity contribution in [3.8, 4) is 0 Å². The number of benzene rings is 2. The number of piperidine rings is 1. The normalized spacial score (nSPS) is 16.3. The summed E-state index contributed by atoms with van der Waals surface area (Å²) in [6.07, 6.45) is 2.07. The summed E-state index contributed by atoms with van der Waals surface area (Å²) in [4.78, 5) is 14.4. The summed E-state index contributed by atoms with van der Waals surface area (Å²) in [5, 5.41) is 2.97. The molecule has 1 heterocycles. The van der Waals surface area contributed by atoms with Gasteiger partial charge in [-0.3, -0.25) is 4.79 Å². The summed E-state index contributed by atoms with van der Waals surface area (Å²) in [6.45, 7) is 7.90. The Morgan fingerprint density at radius 3 is 2.68 bits per heavy atom.